The summed E-state index contributed by atoms with van der Waals surface area (Å²) in [6.07, 6.45) is 1.67. The topological polar surface area (TPSA) is 50.2 Å². The number of aromatic nitrogens is 1. The van der Waals surface area contributed by atoms with Crippen LogP contribution in [0.15, 0.2) is 30.5 Å². The van der Waals surface area contributed by atoms with Crippen molar-refractivity contribution in [2.24, 2.45) is 0 Å². The van der Waals surface area contributed by atoms with Gasteiger partial charge in [0.05, 0.1) is 12.1 Å². The molecule has 1 heterocycles. The van der Waals surface area contributed by atoms with Crippen LogP contribution in [0.1, 0.15) is 23.5 Å². The van der Waals surface area contributed by atoms with E-state index in [9.17, 15) is 4.79 Å². The molecule has 1 aromatic heterocycles. The number of hydrogen-bond acceptors (Lipinski definition) is 2. The molecule has 0 bridgehead atoms. The second-order valence-corrected chi connectivity index (χ2v) is 5.28. The highest BCUT2D eigenvalue weighted by atomic mass is 35.5. The molecule has 1 atom stereocenters. The van der Waals surface area contributed by atoms with E-state index in [0.29, 0.717) is 10.0 Å². The maximum atomic E-state index is 11.1. The molecule has 2 aromatic rings. The van der Waals surface area contributed by atoms with Gasteiger partial charge in [-0.15, -0.1) is 0 Å². The molecule has 0 fully saturated rings. The lowest BCUT2D eigenvalue weighted by molar-refractivity contribution is -0.137. The number of hydrogen-bond donors (Lipinski definition) is 1. The Morgan fingerprint density at radius 2 is 2.16 bits per heavy atom. The summed E-state index contributed by atoms with van der Waals surface area (Å²) in [5.74, 6) is -1.13. The number of halogens is 2. The van der Waals surface area contributed by atoms with Crippen LogP contribution in [0, 0.1) is 0 Å². The van der Waals surface area contributed by atoms with Crippen LogP contribution in [0.5, 0.6) is 0 Å². The molecule has 1 aliphatic carbocycles. The fourth-order valence-corrected chi connectivity index (χ4v) is 3.23. The van der Waals surface area contributed by atoms with Crippen LogP contribution in [0.3, 0.4) is 0 Å². The minimum absolute atomic E-state index is 0.00690. The molecule has 1 unspecified atom stereocenters. The fourth-order valence-electron chi connectivity index (χ4n) is 2.60. The average molecular weight is 294 g/mol. The Balaban J connectivity index is 2.27. The second-order valence-electron chi connectivity index (χ2n) is 4.44. The molecule has 5 heteroatoms. The number of nitrogens with zero attached hydrogens (tertiary/aromatic N) is 1. The van der Waals surface area contributed by atoms with Crippen molar-refractivity contribution in [3.05, 3.63) is 51.6 Å². The minimum Gasteiger partial charge on any atom is -0.481 e. The van der Waals surface area contributed by atoms with Crippen LogP contribution in [-0.4, -0.2) is 16.1 Å². The van der Waals surface area contributed by atoms with Gasteiger partial charge in [-0.2, -0.15) is 0 Å². The minimum atomic E-state index is -0.862. The lowest BCUT2D eigenvalue weighted by Gasteiger charge is -2.12. The molecule has 3 rings (SSSR count). The highest BCUT2D eigenvalue weighted by molar-refractivity contribution is 6.36. The average Bonchev–Trinajstić information content (AvgIpc) is 2.64. The van der Waals surface area contributed by atoms with Gasteiger partial charge in [-0.3, -0.25) is 9.78 Å². The van der Waals surface area contributed by atoms with Crippen LogP contribution in [0.4, 0.5) is 0 Å². The Morgan fingerprint density at radius 1 is 1.37 bits per heavy atom. The maximum Gasteiger partial charge on any atom is 0.304 e. The van der Waals surface area contributed by atoms with Crippen molar-refractivity contribution in [2.45, 2.75) is 12.3 Å². The molecule has 96 valence electrons. The quantitative estimate of drug-likeness (QED) is 0.911. The van der Waals surface area contributed by atoms with Crippen LogP contribution in [0.2, 0.25) is 10.0 Å². The van der Waals surface area contributed by atoms with Gasteiger partial charge in [-0.05, 0) is 29.3 Å². The Hall–Kier alpha value is -1.58. The number of aliphatic carboxylic acids is 1. The highest BCUT2D eigenvalue weighted by Crippen LogP contribution is 2.49. The zero-order valence-corrected chi connectivity index (χ0v) is 11.2. The summed E-state index contributed by atoms with van der Waals surface area (Å²) in [6, 6.07) is 7.12. The van der Waals surface area contributed by atoms with Gasteiger partial charge in [0.15, 0.2) is 0 Å². The van der Waals surface area contributed by atoms with E-state index in [4.69, 9.17) is 28.3 Å². The van der Waals surface area contributed by atoms with Crippen molar-refractivity contribution in [1.82, 2.24) is 4.98 Å². The van der Waals surface area contributed by atoms with Gasteiger partial charge >= 0.3 is 5.97 Å². The first-order valence-electron chi connectivity index (χ1n) is 5.74. The van der Waals surface area contributed by atoms with Crippen LogP contribution in [0.25, 0.3) is 11.3 Å². The summed E-state index contributed by atoms with van der Waals surface area (Å²) in [7, 11) is 0. The maximum absolute atomic E-state index is 11.1. The molecule has 1 N–H and O–H groups in total. The lowest BCUT2D eigenvalue weighted by atomic mass is 9.94. The first-order chi connectivity index (χ1) is 9.08. The molecule has 1 aliphatic rings. The van der Waals surface area contributed by atoms with Crippen molar-refractivity contribution >= 4 is 29.2 Å². The Bertz CT molecular complexity index is 685. The standard InChI is InChI=1S/C14H9Cl2NO2/c15-7-4-10-13(11(16)5-7)9(6-12(18)19)8-2-1-3-17-14(8)10/h1-5,9H,6H2,(H,18,19). The van der Waals surface area contributed by atoms with Crippen LogP contribution < -0.4 is 0 Å². The van der Waals surface area contributed by atoms with Crippen molar-refractivity contribution in [3.63, 3.8) is 0 Å². The normalized spacial score (nSPS) is 16.0. The predicted octanol–water partition coefficient (Wildman–Crippen LogP) is 3.98. The number of pyridine rings is 1. The van der Waals surface area contributed by atoms with Crippen LogP contribution in [-0.2, 0) is 4.79 Å². The Labute approximate surface area is 119 Å². The van der Waals surface area contributed by atoms with E-state index in [2.05, 4.69) is 4.98 Å². The zero-order valence-electron chi connectivity index (χ0n) is 9.73. The van der Waals surface area contributed by atoms with Crippen molar-refractivity contribution in [2.75, 3.05) is 0 Å². The van der Waals surface area contributed by atoms with E-state index < -0.39 is 5.97 Å². The van der Waals surface area contributed by atoms with Crippen molar-refractivity contribution in [3.8, 4) is 11.3 Å². The summed E-state index contributed by atoms with van der Waals surface area (Å²) < 4.78 is 0. The number of carboxylic acid groups (broad SMARTS) is 1. The van der Waals surface area contributed by atoms with Gasteiger partial charge in [0, 0.05) is 27.7 Å². The lowest BCUT2D eigenvalue weighted by Crippen LogP contribution is -2.05. The van der Waals surface area contributed by atoms with E-state index in [1.165, 1.54) is 0 Å². The van der Waals surface area contributed by atoms with Gasteiger partial charge < -0.3 is 5.11 Å². The SMILES string of the molecule is O=C(O)CC1c2cccnc2-c2cc(Cl)cc(Cl)c21. The molecule has 3 nitrogen and oxygen atoms in total. The van der Waals surface area contributed by atoms with Crippen molar-refractivity contribution < 1.29 is 9.90 Å². The van der Waals surface area contributed by atoms with Gasteiger partial charge in [0.25, 0.3) is 0 Å². The van der Waals surface area contributed by atoms with E-state index >= 15 is 0 Å². The number of fused-ring (bicyclic) bond motifs is 3. The summed E-state index contributed by atoms with van der Waals surface area (Å²) in [4.78, 5) is 15.4. The smallest absolute Gasteiger partial charge is 0.304 e. The first kappa shape index (κ1) is 12.5. The molecular weight excluding hydrogens is 285 g/mol. The van der Waals surface area contributed by atoms with E-state index in [1.54, 1.807) is 24.4 Å². The molecule has 19 heavy (non-hydrogen) atoms. The molecule has 0 aliphatic heterocycles. The van der Waals surface area contributed by atoms with E-state index in [-0.39, 0.29) is 12.3 Å². The molecule has 1 aromatic carbocycles. The number of benzene rings is 1. The van der Waals surface area contributed by atoms with Gasteiger partial charge in [-0.1, -0.05) is 29.3 Å². The van der Waals surface area contributed by atoms with Gasteiger partial charge in [0.2, 0.25) is 0 Å². The third kappa shape index (κ3) is 1.99. The molecule has 0 radical (unpaired) electrons. The number of rotatable bonds is 2. The number of carboxylic acids is 1. The van der Waals surface area contributed by atoms with Crippen LogP contribution >= 0.6 is 23.2 Å². The van der Waals surface area contributed by atoms with Crippen molar-refractivity contribution in [1.29, 1.82) is 0 Å². The monoisotopic (exact) mass is 293 g/mol. The molecule has 0 amide bonds. The number of carbonyl (C=O) groups is 1. The summed E-state index contributed by atoms with van der Waals surface area (Å²) >= 11 is 12.3. The summed E-state index contributed by atoms with van der Waals surface area (Å²) in [6.45, 7) is 0. The predicted molar refractivity (Wildman–Crippen MR) is 73.8 cm³/mol. The first-order valence-corrected chi connectivity index (χ1v) is 6.49. The highest BCUT2D eigenvalue weighted by Gasteiger charge is 2.33. The Kier molecular flexibility index (Phi) is 2.96. The zero-order chi connectivity index (χ0) is 13.6. The van der Waals surface area contributed by atoms with E-state index in [1.807, 2.05) is 6.07 Å². The molecule has 0 saturated heterocycles. The molecule has 0 spiro atoms. The van der Waals surface area contributed by atoms with Gasteiger partial charge in [0.1, 0.15) is 0 Å². The van der Waals surface area contributed by atoms with Gasteiger partial charge in [-0.25, -0.2) is 0 Å². The van der Waals surface area contributed by atoms with E-state index in [0.717, 1.165) is 22.4 Å². The third-order valence-electron chi connectivity index (χ3n) is 3.29. The summed E-state index contributed by atoms with van der Waals surface area (Å²) in [5, 5.41) is 10.1. The second kappa shape index (κ2) is 4.51. The Morgan fingerprint density at radius 3 is 2.89 bits per heavy atom. The fraction of sp³-hybridized carbons (Fsp3) is 0.143. The largest absolute Gasteiger partial charge is 0.481 e. The summed E-state index contributed by atoms with van der Waals surface area (Å²) in [5.41, 5.74) is 3.30. The molecular formula is C14H9Cl2NO2. The molecule has 0 saturated carbocycles. The third-order valence-corrected chi connectivity index (χ3v) is 3.82.